The molecule has 2 rings (SSSR count). The predicted octanol–water partition coefficient (Wildman–Crippen LogP) is 0.913. The summed E-state index contributed by atoms with van der Waals surface area (Å²) in [5.74, 6) is -0.000284. The Hall–Kier alpha value is -2.74. The molecule has 1 heterocycles. The van der Waals surface area contributed by atoms with Crippen molar-refractivity contribution in [1.82, 2.24) is 10.3 Å². The van der Waals surface area contributed by atoms with Gasteiger partial charge in [-0.15, -0.1) is 6.42 Å². The van der Waals surface area contributed by atoms with E-state index < -0.39 is 17.9 Å². The van der Waals surface area contributed by atoms with E-state index in [1.807, 2.05) is 30.2 Å². The molecule has 0 bridgehead atoms. The number of aliphatic carboxylic acids is 1. The number of carboxylic acid groups (broad SMARTS) is 1. The number of carbonyl (C=O) groups excluding carboxylic acids is 1. The molecule has 0 radical (unpaired) electrons. The summed E-state index contributed by atoms with van der Waals surface area (Å²) in [4.78, 5) is 25.3. The first kappa shape index (κ1) is 12.7. The van der Waals surface area contributed by atoms with Crippen LogP contribution < -0.4 is 5.32 Å². The van der Waals surface area contributed by atoms with Crippen molar-refractivity contribution >= 4 is 22.8 Å². The molecule has 1 atom stereocenters. The van der Waals surface area contributed by atoms with Crippen molar-refractivity contribution in [2.75, 3.05) is 0 Å². The molecule has 0 aliphatic heterocycles. The van der Waals surface area contributed by atoms with Gasteiger partial charge in [-0.3, -0.25) is 4.79 Å². The van der Waals surface area contributed by atoms with Crippen LogP contribution >= 0.6 is 0 Å². The molecule has 96 valence electrons. The first-order chi connectivity index (χ1) is 9.11. The van der Waals surface area contributed by atoms with Gasteiger partial charge in [0.15, 0.2) is 0 Å². The Morgan fingerprint density at radius 2 is 2.16 bits per heavy atom. The molecule has 5 nitrogen and oxygen atoms in total. The van der Waals surface area contributed by atoms with E-state index in [1.54, 1.807) is 6.20 Å². The zero-order valence-electron chi connectivity index (χ0n) is 10.0. The average molecular weight is 256 g/mol. The Kier molecular flexibility index (Phi) is 3.53. The van der Waals surface area contributed by atoms with E-state index in [0.29, 0.717) is 0 Å². The molecule has 0 aliphatic rings. The SMILES string of the molecule is C#CC(=O)N[C@H](Cc1c[nH]c2ccccc12)C(=O)O. The maximum absolute atomic E-state index is 11.1. The zero-order valence-corrected chi connectivity index (χ0v) is 10.0. The molecule has 1 amide bonds. The summed E-state index contributed by atoms with van der Waals surface area (Å²) in [6, 6.07) is 6.51. The van der Waals surface area contributed by atoms with Gasteiger partial charge in [0.05, 0.1) is 0 Å². The lowest BCUT2D eigenvalue weighted by molar-refractivity contribution is -0.141. The van der Waals surface area contributed by atoms with Crippen molar-refractivity contribution in [2.45, 2.75) is 12.5 Å². The molecule has 0 saturated heterocycles. The molecule has 0 fully saturated rings. The Balaban J connectivity index is 2.24. The molecule has 0 unspecified atom stereocenters. The highest BCUT2D eigenvalue weighted by Gasteiger charge is 2.20. The van der Waals surface area contributed by atoms with E-state index in [9.17, 15) is 9.59 Å². The van der Waals surface area contributed by atoms with E-state index in [4.69, 9.17) is 11.5 Å². The summed E-state index contributed by atoms with van der Waals surface area (Å²) >= 11 is 0. The molecular formula is C14H12N2O3. The number of rotatable bonds is 4. The van der Waals surface area contributed by atoms with Gasteiger partial charge < -0.3 is 15.4 Å². The number of para-hydroxylation sites is 1. The molecule has 0 spiro atoms. The lowest BCUT2D eigenvalue weighted by Crippen LogP contribution is -2.41. The van der Waals surface area contributed by atoms with Crippen LogP contribution in [0.3, 0.4) is 0 Å². The summed E-state index contributed by atoms with van der Waals surface area (Å²) in [6.45, 7) is 0. The van der Waals surface area contributed by atoms with Crippen LogP contribution in [-0.2, 0) is 16.0 Å². The van der Waals surface area contributed by atoms with Gasteiger partial charge in [-0.2, -0.15) is 0 Å². The second kappa shape index (κ2) is 5.27. The third-order valence-electron chi connectivity index (χ3n) is 2.83. The van der Waals surface area contributed by atoms with Crippen molar-refractivity contribution in [2.24, 2.45) is 0 Å². The monoisotopic (exact) mass is 256 g/mol. The number of carbonyl (C=O) groups is 2. The third kappa shape index (κ3) is 2.75. The molecule has 2 aromatic rings. The molecule has 0 saturated carbocycles. The number of amides is 1. The van der Waals surface area contributed by atoms with Crippen LogP contribution in [0.2, 0.25) is 0 Å². The Morgan fingerprint density at radius 3 is 2.84 bits per heavy atom. The quantitative estimate of drug-likeness (QED) is 0.711. The van der Waals surface area contributed by atoms with E-state index >= 15 is 0 Å². The van der Waals surface area contributed by atoms with Gasteiger partial charge in [-0.1, -0.05) is 18.2 Å². The number of aromatic nitrogens is 1. The minimum absolute atomic E-state index is 0.173. The van der Waals surface area contributed by atoms with Crippen molar-refractivity contribution in [3.05, 3.63) is 36.0 Å². The highest BCUT2D eigenvalue weighted by atomic mass is 16.4. The first-order valence-corrected chi connectivity index (χ1v) is 5.66. The number of fused-ring (bicyclic) bond motifs is 1. The van der Waals surface area contributed by atoms with Gasteiger partial charge >= 0.3 is 5.97 Å². The third-order valence-corrected chi connectivity index (χ3v) is 2.83. The van der Waals surface area contributed by atoms with Gasteiger partial charge in [-0.05, 0) is 17.6 Å². The number of hydrogen-bond acceptors (Lipinski definition) is 2. The first-order valence-electron chi connectivity index (χ1n) is 5.66. The lowest BCUT2D eigenvalue weighted by atomic mass is 10.1. The number of hydrogen-bond donors (Lipinski definition) is 3. The molecule has 0 aliphatic carbocycles. The Bertz CT molecular complexity index is 667. The van der Waals surface area contributed by atoms with Gasteiger partial charge in [-0.25, -0.2) is 4.79 Å². The fourth-order valence-corrected chi connectivity index (χ4v) is 1.92. The average Bonchev–Trinajstić information content (AvgIpc) is 2.81. The van der Waals surface area contributed by atoms with Crippen LogP contribution in [-0.4, -0.2) is 28.0 Å². The van der Waals surface area contributed by atoms with Crippen molar-refractivity contribution in [1.29, 1.82) is 0 Å². The summed E-state index contributed by atoms with van der Waals surface area (Å²) in [6.07, 6.45) is 6.84. The van der Waals surface area contributed by atoms with E-state index in [1.165, 1.54) is 0 Å². The predicted molar refractivity (Wildman–Crippen MR) is 70.4 cm³/mol. The van der Waals surface area contributed by atoms with Crippen LogP contribution in [0.4, 0.5) is 0 Å². The van der Waals surface area contributed by atoms with Crippen LogP contribution in [0, 0.1) is 12.3 Å². The normalized spacial score (nSPS) is 11.7. The lowest BCUT2D eigenvalue weighted by Gasteiger charge is -2.11. The van der Waals surface area contributed by atoms with Crippen LogP contribution in [0.15, 0.2) is 30.5 Å². The number of carboxylic acids is 1. The Morgan fingerprint density at radius 1 is 1.42 bits per heavy atom. The summed E-state index contributed by atoms with van der Waals surface area (Å²) in [7, 11) is 0. The number of H-pyrrole nitrogens is 1. The number of benzene rings is 1. The highest BCUT2D eigenvalue weighted by Crippen LogP contribution is 2.19. The molecular weight excluding hydrogens is 244 g/mol. The Labute approximate surface area is 109 Å². The smallest absolute Gasteiger partial charge is 0.326 e. The second-order valence-corrected chi connectivity index (χ2v) is 4.07. The minimum atomic E-state index is -1.12. The van der Waals surface area contributed by atoms with E-state index in [0.717, 1.165) is 16.5 Å². The van der Waals surface area contributed by atoms with Gasteiger partial charge in [0.1, 0.15) is 6.04 Å². The highest BCUT2D eigenvalue weighted by molar-refractivity contribution is 5.95. The molecule has 1 aromatic heterocycles. The van der Waals surface area contributed by atoms with E-state index in [2.05, 4.69) is 10.3 Å². The van der Waals surface area contributed by atoms with Gasteiger partial charge in [0.25, 0.3) is 5.91 Å². The summed E-state index contributed by atoms with van der Waals surface area (Å²) in [5.41, 5.74) is 1.74. The van der Waals surface area contributed by atoms with Gasteiger partial charge in [0, 0.05) is 23.5 Å². The van der Waals surface area contributed by atoms with Crippen molar-refractivity contribution in [3.63, 3.8) is 0 Å². The minimum Gasteiger partial charge on any atom is -0.480 e. The maximum atomic E-state index is 11.1. The fourth-order valence-electron chi connectivity index (χ4n) is 1.92. The number of terminal acetylenes is 1. The standard InChI is InChI=1S/C14H12N2O3/c1-2-13(17)16-12(14(18)19)7-9-8-15-11-6-4-3-5-10(9)11/h1,3-6,8,12,15H,7H2,(H,16,17)(H,18,19)/t12-/m1/s1. The summed E-state index contributed by atoms with van der Waals surface area (Å²) in [5, 5.41) is 12.3. The zero-order chi connectivity index (χ0) is 13.8. The molecule has 5 heteroatoms. The van der Waals surface area contributed by atoms with E-state index in [-0.39, 0.29) is 6.42 Å². The van der Waals surface area contributed by atoms with Crippen molar-refractivity contribution < 1.29 is 14.7 Å². The van der Waals surface area contributed by atoms with Crippen LogP contribution in [0.5, 0.6) is 0 Å². The number of nitrogens with one attached hydrogen (secondary N) is 2. The van der Waals surface area contributed by atoms with Gasteiger partial charge in [0.2, 0.25) is 0 Å². The topological polar surface area (TPSA) is 82.2 Å². The van der Waals surface area contributed by atoms with Crippen LogP contribution in [0.25, 0.3) is 10.9 Å². The molecule has 1 aromatic carbocycles. The summed E-state index contributed by atoms with van der Waals surface area (Å²) < 4.78 is 0. The largest absolute Gasteiger partial charge is 0.480 e. The van der Waals surface area contributed by atoms with Crippen LogP contribution in [0.1, 0.15) is 5.56 Å². The molecule has 19 heavy (non-hydrogen) atoms. The molecule has 3 N–H and O–H groups in total. The van der Waals surface area contributed by atoms with Crippen molar-refractivity contribution in [3.8, 4) is 12.3 Å². The fraction of sp³-hybridized carbons (Fsp3) is 0.143. The number of aromatic amines is 1. The maximum Gasteiger partial charge on any atom is 0.326 e. The second-order valence-electron chi connectivity index (χ2n) is 4.07.